The van der Waals surface area contributed by atoms with E-state index in [0.717, 1.165) is 30.7 Å². The molecule has 3 N–H and O–H groups in total. The first-order valence-electron chi connectivity index (χ1n) is 6.14. The van der Waals surface area contributed by atoms with Crippen LogP contribution in [0, 0.1) is 5.92 Å². The molecule has 0 saturated heterocycles. The molecule has 1 fully saturated rings. The van der Waals surface area contributed by atoms with Crippen molar-refractivity contribution >= 4 is 0 Å². The average molecular weight is 219 g/mol. The van der Waals surface area contributed by atoms with E-state index in [9.17, 15) is 5.11 Å². The van der Waals surface area contributed by atoms with Crippen LogP contribution in [0.4, 0.5) is 0 Å². The number of rotatable bonds is 2. The number of benzene rings is 1. The monoisotopic (exact) mass is 219 g/mol. The van der Waals surface area contributed by atoms with Crippen molar-refractivity contribution in [3.63, 3.8) is 0 Å². The third-order valence-electron chi connectivity index (χ3n) is 3.59. The Kier molecular flexibility index (Phi) is 3.20. The van der Waals surface area contributed by atoms with Crippen molar-refractivity contribution in [2.24, 2.45) is 11.7 Å². The van der Waals surface area contributed by atoms with Crippen LogP contribution in [0.3, 0.4) is 0 Å². The lowest BCUT2D eigenvalue weighted by molar-refractivity contribution is 0.235. The maximum Gasteiger partial charge on any atom is 0.115 e. The number of phenolic OH excluding ortho intramolecular Hbond substituents is 1. The highest BCUT2D eigenvalue weighted by Crippen LogP contribution is 2.33. The van der Waals surface area contributed by atoms with E-state index < -0.39 is 0 Å². The Morgan fingerprint density at radius 3 is 3.00 bits per heavy atom. The van der Waals surface area contributed by atoms with Crippen molar-refractivity contribution < 1.29 is 5.11 Å². The third-order valence-corrected chi connectivity index (χ3v) is 3.59. The molecule has 0 aromatic heterocycles. The van der Waals surface area contributed by atoms with E-state index in [1.165, 1.54) is 12.8 Å². The van der Waals surface area contributed by atoms with Crippen LogP contribution in [-0.2, 0) is 6.42 Å². The van der Waals surface area contributed by atoms with E-state index in [-0.39, 0.29) is 5.54 Å². The summed E-state index contributed by atoms with van der Waals surface area (Å²) < 4.78 is 0. The number of phenols is 1. The molecule has 2 heteroatoms. The van der Waals surface area contributed by atoms with Gasteiger partial charge in [0.15, 0.2) is 0 Å². The Balaban J connectivity index is 2.08. The van der Waals surface area contributed by atoms with Crippen LogP contribution in [0.15, 0.2) is 24.3 Å². The summed E-state index contributed by atoms with van der Waals surface area (Å²) in [6, 6.07) is 7.47. The maximum atomic E-state index is 9.44. The Bertz CT molecular complexity index is 364. The SMILES string of the molecule is CC1CCCC(N)(Cc2cccc(O)c2)C1. The second-order valence-electron chi connectivity index (χ2n) is 5.41. The fraction of sp³-hybridized carbons (Fsp3) is 0.571. The first kappa shape index (κ1) is 11.5. The summed E-state index contributed by atoms with van der Waals surface area (Å²) in [4.78, 5) is 0. The van der Waals surface area contributed by atoms with Gasteiger partial charge in [-0.05, 0) is 42.9 Å². The summed E-state index contributed by atoms with van der Waals surface area (Å²) in [5, 5.41) is 9.44. The molecule has 1 aromatic rings. The van der Waals surface area contributed by atoms with E-state index in [2.05, 4.69) is 6.92 Å². The molecule has 88 valence electrons. The topological polar surface area (TPSA) is 46.2 Å². The zero-order valence-electron chi connectivity index (χ0n) is 9.95. The van der Waals surface area contributed by atoms with Crippen molar-refractivity contribution in [2.75, 3.05) is 0 Å². The molecule has 0 aliphatic heterocycles. The lowest BCUT2D eigenvalue weighted by atomic mass is 9.74. The van der Waals surface area contributed by atoms with Gasteiger partial charge in [-0.2, -0.15) is 0 Å². The Morgan fingerprint density at radius 2 is 2.31 bits per heavy atom. The van der Waals surface area contributed by atoms with Gasteiger partial charge in [-0.25, -0.2) is 0 Å². The molecule has 1 aliphatic carbocycles. The van der Waals surface area contributed by atoms with E-state index in [1.54, 1.807) is 6.07 Å². The third kappa shape index (κ3) is 2.76. The van der Waals surface area contributed by atoms with Crippen molar-refractivity contribution in [2.45, 2.75) is 44.6 Å². The highest BCUT2D eigenvalue weighted by molar-refractivity contribution is 5.28. The fourth-order valence-electron chi connectivity index (χ4n) is 2.93. The molecule has 2 atom stereocenters. The summed E-state index contributed by atoms with van der Waals surface area (Å²) in [5.41, 5.74) is 7.54. The minimum absolute atomic E-state index is 0.0640. The van der Waals surface area contributed by atoms with Crippen LogP contribution < -0.4 is 5.73 Å². The normalized spacial score (nSPS) is 30.2. The predicted molar refractivity (Wildman–Crippen MR) is 66.4 cm³/mol. The van der Waals surface area contributed by atoms with Crippen LogP contribution in [0.5, 0.6) is 5.75 Å². The molecular weight excluding hydrogens is 198 g/mol. The van der Waals surface area contributed by atoms with Crippen molar-refractivity contribution in [3.8, 4) is 5.75 Å². The van der Waals surface area contributed by atoms with Gasteiger partial charge in [0.1, 0.15) is 5.75 Å². The largest absolute Gasteiger partial charge is 0.508 e. The van der Waals surface area contributed by atoms with Gasteiger partial charge in [0.2, 0.25) is 0 Å². The molecule has 2 rings (SSSR count). The predicted octanol–water partition coefficient (Wildman–Crippen LogP) is 2.84. The second kappa shape index (κ2) is 4.46. The van der Waals surface area contributed by atoms with Crippen LogP contribution in [-0.4, -0.2) is 10.6 Å². The van der Waals surface area contributed by atoms with Gasteiger partial charge in [0, 0.05) is 5.54 Å². The Hall–Kier alpha value is -1.02. The van der Waals surface area contributed by atoms with Crippen molar-refractivity contribution in [3.05, 3.63) is 29.8 Å². The molecule has 1 aromatic carbocycles. The van der Waals surface area contributed by atoms with Crippen molar-refractivity contribution in [1.82, 2.24) is 0 Å². The molecule has 0 spiro atoms. The molecule has 0 radical (unpaired) electrons. The lowest BCUT2D eigenvalue weighted by Crippen LogP contribution is -2.45. The number of nitrogens with two attached hydrogens (primary N) is 1. The molecule has 16 heavy (non-hydrogen) atoms. The summed E-state index contributed by atoms with van der Waals surface area (Å²) in [7, 11) is 0. The van der Waals surface area contributed by atoms with Gasteiger partial charge in [0.05, 0.1) is 0 Å². The number of aromatic hydroxyl groups is 1. The number of hydrogen-bond acceptors (Lipinski definition) is 2. The highest BCUT2D eigenvalue weighted by Gasteiger charge is 2.30. The van der Waals surface area contributed by atoms with Crippen LogP contribution in [0.25, 0.3) is 0 Å². The zero-order chi connectivity index (χ0) is 11.6. The quantitative estimate of drug-likeness (QED) is 0.803. The van der Waals surface area contributed by atoms with Gasteiger partial charge in [-0.3, -0.25) is 0 Å². The Labute approximate surface area is 97.5 Å². The molecular formula is C14H21NO. The summed E-state index contributed by atoms with van der Waals surface area (Å²) in [6.45, 7) is 2.28. The first-order chi connectivity index (χ1) is 7.57. The van der Waals surface area contributed by atoms with Gasteiger partial charge in [-0.15, -0.1) is 0 Å². The minimum atomic E-state index is -0.0640. The smallest absolute Gasteiger partial charge is 0.115 e. The molecule has 1 aliphatic rings. The summed E-state index contributed by atoms with van der Waals surface area (Å²) in [6.07, 6.45) is 5.62. The summed E-state index contributed by atoms with van der Waals surface area (Å²) >= 11 is 0. The Morgan fingerprint density at radius 1 is 1.50 bits per heavy atom. The van der Waals surface area contributed by atoms with Gasteiger partial charge < -0.3 is 10.8 Å². The zero-order valence-corrected chi connectivity index (χ0v) is 9.95. The van der Waals surface area contributed by atoms with Crippen LogP contribution >= 0.6 is 0 Å². The van der Waals surface area contributed by atoms with Crippen LogP contribution in [0.2, 0.25) is 0 Å². The van der Waals surface area contributed by atoms with Crippen molar-refractivity contribution in [1.29, 1.82) is 0 Å². The summed E-state index contributed by atoms with van der Waals surface area (Å²) in [5.74, 6) is 1.07. The molecule has 0 amide bonds. The standard InChI is InChI=1S/C14H21NO/c1-11-4-3-7-14(15,9-11)10-12-5-2-6-13(16)8-12/h2,5-6,8,11,16H,3-4,7,9-10,15H2,1H3. The van der Waals surface area contributed by atoms with E-state index in [4.69, 9.17) is 5.73 Å². The van der Waals surface area contributed by atoms with E-state index >= 15 is 0 Å². The molecule has 1 saturated carbocycles. The van der Waals surface area contributed by atoms with Gasteiger partial charge in [-0.1, -0.05) is 31.9 Å². The second-order valence-corrected chi connectivity index (χ2v) is 5.41. The molecule has 0 heterocycles. The highest BCUT2D eigenvalue weighted by atomic mass is 16.3. The fourth-order valence-corrected chi connectivity index (χ4v) is 2.93. The molecule has 2 unspecified atom stereocenters. The lowest BCUT2D eigenvalue weighted by Gasteiger charge is -2.37. The minimum Gasteiger partial charge on any atom is -0.508 e. The average Bonchev–Trinajstić information content (AvgIpc) is 2.16. The molecule has 2 nitrogen and oxygen atoms in total. The van der Waals surface area contributed by atoms with Gasteiger partial charge in [0.25, 0.3) is 0 Å². The van der Waals surface area contributed by atoms with E-state index in [1.807, 2.05) is 18.2 Å². The maximum absolute atomic E-state index is 9.44. The van der Waals surface area contributed by atoms with Crippen LogP contribution in [0.1, 0.15) is 38.2 Å². The van der Waals surface area contributed by atoms with Gasteiger partial charge >= 0.3 is 0 Å². The number of hydrogen-bond donors (Lipinski definition) is 2. The molecule has 0 bridgehead atoms. The van der Waals surface area contributed by atoms with E-state index in [0.29, 0.717) is 5.75 Å². The first-order valence-corrected chi connectivity index (χ1v) is 6.14.